The summed E-state index contributed by atoms with van der Waals surface area (Å²) in [6.07, 6.45) is 17.7. The van der Waals surface area contributed by atoms with E-state index >= 15 is 0 Å². The molecule has 2 aliphatic rings. The Morgan fingerprint density at radius 2 is 1.94 bits per heavy atom. The highest BCUT2D eigenvalue weighted by molar-refractivity contribution is 6.08. The molecule has 0 saturated heterocycles. The summed E-state index contributed by atoms with van der Waals surface area (Å²) in [7, 11) is 1.68. The number of methoxy groups -OCH3 is 1. The lowest BCUT2D eigenvalue weighted by atomic mass is 10.0. The Bertz CT molecular complexity index is 1330. The third-order valence-electron chi connectivity index (χ3n) is 5.82. The summed E-state index contributed by atoms with van der Waals surface area (Å²) in [6.45, 7) is 1.13. The number of aliphatic imine (C=N–C) groups is 1. The van der Waals surface area contributed by atoms with Crippen LogP contribution in [0.2, 0.25) is 0 Å². The summed E-state index contributed by atoms with van der Waals surface area (Å²) < 4.78 is 11.3. The molecule has 4 nitrogen and oxygen atoms in total. The maximum Gasteiger partial charge on any atom is 0.213 e. The fraction of sp³-hybridized carbons (Fsp3) is 0.133. The van der Waals surface area contributed by atoms with Crippen LogP contribution in [0.3, 0.4) is 0 Å². The first-order chi connectivity index (χ1) is 16.8. The number of pyridine rings is 1. The van der Waals surface area contributed by atoms with E-state index in [2.05, 4.69) is 64.6 Å². The average molecular weight is 447 g/mol. The highest BCUT2D eigenvalue weighted by Gasteiger charge is 2.07. The van der Waals surface area contributed by atoms with Gasteiger partial charge in [-0.1, -0.05) is 54.6 Å². The number of ether oxygens (including phenoxy) is 2. The van der Waals surface area contributed by atoms with Gasteiger partial charge in [0.15, 0.2) is 0 Å². The van der Waals surface area contributed by atoms with Crippen molar-refractivity contribution in [3.8, 4) is 11.6 Å². The number of allylic oxidation sites excluding steroid dienone is 3. The number of fused-ring (bicyclic) bond motifs is 1. The molecule has 5 rings (SSSR count). The van der Waals surface area contributed by atoms with Gasteiger partial charge in [-0.05, 0) is 70.7 Å². The first-order valence-corrected chi connectivity index (χ1v) is 11.4. The summed E-state index contributed by atoms with van der Waals surface area (Å²) in [6, 6.07) is 18.3. The van der Waals surface area contributed by atoms with Gasteiger partial charge in [0.2, 0.25) is 5.88 Å². The third-order valence-corrected chi connectivity index (χ3v) is 5.82. The van der Waals surface area contributed by atoms with Crippen LogP contribution < -0.4 is 9.47 Å². The molecule has 1 aliphatic carbocycles. The summed E-state index contributed by atoms with van der Waals surface area (Å²) in [5.74, 6) is 1.42. The van der Waals surface area contributed by atoms with E-state index < -0.39 is 0 Å². The van der Waals surface area contributed by atoms with E-state index in [-0.39, 0.29) is 0 Å². The lowest BCUT2D eigenvalue weighted by molar-refractivity contribution is 0.293. The van der Waals surface area contributed by atoms with E-state index in [0.717, 1.165) is 29.0 Å². The van der Waals surface area contributed by atoms with Crippen LogP contribution in [0.4, 0.5) is 0 Å². The molecule has 0 spiro atoms. The maximum atomic E-state index is 5.78. The molecule has 1 aliphatic heterocycles. The molecule has 2 aromatic carbocycles. The zero-order chi connectivity index (χ0) is 23.2. The Hall–Kier alpha value is -4.18. The average Bonchev–Trinajstić information content (AvgIpc) is 3.54. The second kappa shape index (κ2) is 10.2. The van der Waals surface area contributed by atoms with Crippen molar-refractivity contribution in [1.29, 1.82) is 0 Å². The minimum Gasteiger partial charge on any atom is -0.496 e. The normalized spacial score (nSPS) is 14.5. The standard InChI is InChI=1S/C30H26N2O2/c1-33-29-15-11-24(21-34-30-7-2-3-16-31-30)18-27(29)13-14-28-19-23(20-32-28)9-8-22-10-12-25-5-4-6-26(25)17-22/h2-5,7-19H,6,20-21H2,1H3/b9-8+,14-13+. The van der Waals surface area contributed by atoms with Crippen LogP contribution >= 0.6 is 0 Å². The summed E-state index contributed by atoms with van der Waals surface area (Å²) in [5.41, 5.74) is 8.12. The first kappa shape index (κ1) is 21.7. The fourth-order valence-corrected chi connectivity index (χ4v) is 4.02. The van der Waals surface area contributed by atoms with E-state index in [4.69, 9.17) is 9.47 Å². The minimum atomic E-state index is 0.441. The van der Waals surface area contributed by atoms with Gasteiger partial charge in [0.25, 0.3) is 0 Å². The fourth-order valence-electron chi connectivity index (χ4n) is 4.02. The number of hydrogen-bond acceptors (Lipinski definition) is 4. The van der Waals surface area contributed by atoms with E-state index in [1.807, 2.05) is 42.5 Å². The number of benzene rings is 2. The molecule has 0 saturated carbocycles. The van der Waals surface area contributed by atoms with Gasteiger partial charge in [-0.25, -0.2) is 4.98 Å². The van der Waals surface area contributed by atoms with Crippen molar-refractivity contribution >= 4 is 23.9 Å². The van der Waals surface area contributed by atoms with Gasteiger partial charge >= 0.3 is 0 Å². The lowest BCUT2D eigenvalue weighted by Gasteiger charge is -2.09. The summed E-state index contributed by atoms with van der Waals surface area (Å²) in [4.78, 5) is 8.86. The van der Waals surface area contributed by atoms with Gasteiger partial charge in [-0.15, -0.1) is 0 Å². The van der Waals surface area contributed by atoms with Gasteiger partial charge in [-0.2, -0.15) is 0 Å². The van der Waals surface area contributed by atoms with Crippen molar-refractivity contribution in [2.45, 2.75) is 13.0 Å². The van der Waals surface area contributed by atoms with E-state index in [9.17, 15) is 0 Å². The first-order valence-electron chi connectivity index (χ1n) is 11.4. The topological polar surface area (TPSA) is 43.7 Å². The third kappa shape index (κ3) is 5.24. The Balaban J connectivity index is 1.24. The molecule has 0 N–H and O–H groups in total. The second-order valence-corrected chi connectivity index (χ2v) is 8.22. The van der Waals surface area contributed by atoms with Gasteiger partial charge in [0.1, 0.15) is 12.4 Å². The van der Waals surface area contributed by atoms with Crippen molar-refractivity contribution in [2.75, 3.05) is 13.7 Å². The molecule has 0 atom stereocenters. The Kier molecular flexibility index (Phi) is 6.48. The van der Waals surface area contributed by atoms with Crippen LogP contribution in [-0.2, 0) is 13.0 Å². The summed E-state index contributed by atoms with van der Waals surface area (Å²) in [5, 5.41) is 0. The molecule has 0 amide bonds. The van der Waals surface area contributed by atoms with E-state index in [1.165, 1.54) is 22.3 Å². The predicted molar refractivity (Wildman–Crippen MR) is 139 cm³/mol. The molecule has 34 heavy (non-hydrogen) atoms. The number of aromatic nitrogens is 1. The molecule has 3 aromatic rings. The maximum absolute atomic E-state index is 5.78. The second-order valence-electron chi connectivity index (χ2n) is 8.22. The molecule has 4 heteroatoms. The van der Waals surface area contributed by atoms with Crippen molar-refractivity contribution < 1.29 is 9.47 Å². The van der Waals surface area contributed by atoms with Crippen LogP contribution in [-0.4, -0.2) is 24.4 Å². The molecule has 0 bridgehead atoms. The Morgan fingerprint density at radius 3 is 2.82 bits per heavy atom. The van der Waals surface area contributed by atoms with Crippen molar-refractivity contribution in [1.82, 2.24) is 4.98 Å². The number of hydrogen-bond donors (Lipinski definition) is 0. The van der Waals surface area contributed by atoms with E-state index in [0.29, 0.717) is 19.0 Å². The highest BCUT2D eigenvalue weighted by Crippen LogP contribution is 2.24. The van der Waals surface area contributed by atoms with Crippen molar-refractivity contribution in [2.24, 2.45) is 4.99 Å². The van der Waals surface area contributed by atoms with Crippen molar-refractivity contribution in [3.63, 3.8) is 0 Å². The molecule has 0 unspecified atom stereocenters. The van der Waals surface area contributed by atoms with Crippen LogP contribution in [0.25, 0.3) is 18.2 Å². The molecular formula is C30H26N2O2. The molecule has 2 heterocycles. The van der Waals surface area contributed by atoms with E-state index in [1.54, 1.807) is 13.3 Å². The van der Waals surface area contributed by atoms with Crippen molar-refractivity contribution in [3.05, 3.63) is 118 Å². The zero-order valence-electron chi connectivity index (χ0n) is 19.1. The Labute approximate surface area is 200 Å². The molecular weight excluding hydrogens is 420 g/mol. The number of nitrogens with zero attached hydrogens (tertiary/aromatic N) is 2. The SMILES string of the molecule is COc1ccc(COc2ccccn2)cc1/C=C/C1=NCC(/C=C/c2ccc3c(c2)CC=C3)=C1. The highest BCUT2D eigenvalue weighted by atomic mass is 16.5. The number of rotatable bonds is 8. The van der Waals surface area contributed by atoms with Gasteiger partial charge < -0.3 is 9.47 Å². The van der Waals surface area contributed by atoms with Crippen LogP contribution in [0.1, 0.15) is 27.8 Å². The Morgan fingerprint density at radius 1 is 0.971 bits per heavy atom. The molecule has 1 aromatic heterocycles. The molecule has 0 fully saturated rings. The predicted octanol–water partition coefficient (Wildman–Crippen LogP) is 6.35. The lowest BCUT2D eigenvalue weighted by Crippen LogP contribution is -1.98. The van der Waals surface area contributed by atoms with Gasteiger partial charge in [0, 0.05) is 17.8 Å². The smallest absolute Gasteiger partial charge is 0.213 e. The molecule has 0 radical (unpaired) electrons. The molecule has 168 valence electrons. The van der Waals surface area contributed by atoms with Crippen LogP contribution in [0.5, 0.6) is 11.6 Å². The largest absolute Gasteiger partial charge is 0.496 e. The van der Waals surface area contributed by atoms with Crippen LogP contribution in [0.15, 0.2) is 95.7 Å². The monoisotopic (exact) mass is 446 g/mol. The van der Waals surface area contributed by atoms with Gasteiger partial charge in [0.05, 0.1) is 19.4 Å². The quantitative estimate of drug-likeness (QED) is 0.405. The van der Waals surface area contributed by atoms with Crippen LogP contribution in [0, 0.1) is 0 Å². The zero-order valence-corrected chi connectivity index (χ0v) is 19.1. The summed E-state index contributed by atoms with van der Waals surface area (Å²) >= 11 is 0. The minimum absolute atomic E-state index is 0.441. The van der Waals surface area contributed by atoms with Gasteiger partial charge in [-0.3, -0.25) is 4.99 Å².